The van der Waals surface area contributed by atoms with Gasteiger partial charge in [-0.25, -0.2) is 0 Å². The molecule has 0 spiro atoms. The van der Waals surface area contributed by atoms with Crippen molar-refractivity contribution in [1.29, 1.82) is 0 Å². The van der Waals surface area contributed by atoms with Crippen LogP contribution in [0.15, 0.2) is 53.4 Å². The molecule has 0 heterocycles. The summed E-state index contributed by atoms with van der Waals surface area (Å²) in [4.78, 5) is 0.943. The van der Waals surface area contributed by atoms with Crippen molar-refractivity contribution in [2.24, 2.45) is 0 Å². The number of aromatic hydroxyl groups is 1. The monoisotopic (exact) mass is 202 g/mol. The topological polar surface area (TPSA) is 20.2 Å². The average Bonchev–Trinajstić information content (AvgIpc) is 2.20. The first-order valence-electron chi connectivity index (χ1n) is 4.35. The zero-order chi connectivity index (χ0) is 9.97. The van der Waals surface area contributed by atoms with E-state index in [1.165, 1.54) is 0 Å². The molecule has 0 saturated heterocycles. The molecule has 1 N–H and O–H groups in total. The van der Waals surface area contributed by atoms with Crippen LogP contribution in [0.3, 0.4) is 0 Å². The minimum absolute atomic E-state index is 0.283. The summed E-state index contributed by atoms with van der Waals surface area (Å²) in [6.07, 6.45) is 0. The molecule has 0 unspecified atom stereocenters. The number of rotatable bonds is 1. The zero-order valence-corrected chi connectivity index (χ0v) is 8.41. The van der Waals surface area contributed by atoms with E-state index >= 15 is 0 Å². The van der Waals surface area contributed by atoms with Crippen molar-refractivity contribution in [2.75, 3.05) is 0 Å². The molecule has 14 heavy (non-hydrogen) atoms. The Labute approximate surface area is 88.4 Å². The second kappa shape index (κ2) is 3.76. The molecule has 2 heteroatoms. The number of thiol groups is 1. The summed E-state index contributed by atoms with van der Waals surface area (Å²) in [7, 11) is 0. The molecule has 0 aliphatic heterocycles. The van der Waals surface area contributed by atoms with Gasteiger partial charge in [0, 0.05) is 4.90 Å². The zero-order valence-electron chi connectivity index (χ0n) is 7.51. The molecule has 0 bridgehead atoms. The summed E-state index contributed by atoms with van der Waals surface area (Å²) in [5.41, 5.74) is 2.14. The largest absolute Gasteiger partial charge is 0.508 e. The van der Waals surface area contributed by atoms with Crippen molar-refractivity contribution < 1.29 is 5.11 Å². The molecular weight excluding hydrogens is 192 g/mol. The minimum atomic E-state index is 0.283. The van der Waals surface area contributed by atoms with Crippen LogP contribution in [0.1, 0.15) is 0 Å². The molecule has 0 fully saturated rings. The van der Waals surface area contributed by atoms with Crippen LogP contribution in [0.4, 0.5) is 0 Å². The number of phenolic OH excluding ortho intramolecular Hbond substituents is 1. The Morgan fingerprint density at radius 1 is 0.857 bits per heavy atom. The summed E-state index contributed by atoms with van der Waals surface area (Å²) < 4.78 is 0. The highest BCUT2D eigenvalue weighted by Gasteiger charge is 2.00. The van der Waals surface area contributed by atoms with E-state index < -0.39 is 0 Å². The third kappa shape index (κ3) is 1.75. The Morgan fingerprint density at radius 2 is 1.50 bits per heavy atom. The highest BCUT2D eigenvalue weighted by atomic mass is 32.1. The fourth-order valence-corrected chi connectivity index (χ4v) is 1.65. The Morgan fingerprint density at radius 3 is 2.14 bits per heavy atom. The lowest BCUT2D eigenvalue weighted by Crippen LogP contribution is -1.78. The van der Waals surface area contributed by atoms with Gasteiger partial charge in [-0.3, -0.25) is 0 Å². The maximum absolute atomic E-state index is 9.15. The molecule has 0 atom stereocenters. The standard InChI is InChI=1S/C12H10OS/c13-10-7-5-9(6-8-10)11-3-1-2-4-12(11)14/h1-8,13-14H. The quantitative estimate of drug-likeness (QED) is 0.679. The molecule has 0 amide bonds. The first kappa shape index (κ1) is 9.16. The Kier molecular flexibility index (Phi) is 2.46. The van der Waals surface area contributed by atoms with E-state index in [4.69, 9.17) is 5.11 Å². The van der Waals surface area contributed by atoms with Crippen molar-refractivity contribution in [3.63, 3.8) is 0 Å². The van der Waals surface area contributed by atoms with E-state index in [9.17, 15) is 0 Å². The molecule has 0 aliphatic rings. The van der Waals surface area contributed by atoms with Crippen molar-refractivity contribution in [3.8, 4) is 16.9 Å². The lowest BCUT2D eigenvalue weighted by atomic mass is 10.1. The Bertz CT molecular complexity index is 434. The molecular formula is C12H10OS. The van der Waals surface area contributed by atoms with Crippen LogP contribution in [0.5, 0.6) is 5.75 Å². The highest BCUT2D eigenvalue weighted by Crippen LogP contribution is 2.27. The SMILES string of the molecule is Oc1ccc(-c2ccccc2S)cc1. The first-order valence-corrected chi connectivity index (χ1v) is 4.79. The van der Waals surface area contributed by atoms with Crippen LogP contribution in [0.25, 0.3) is 11.1 Å². The summed E-state index contributed by atoms with van der Waals surface area (Å²) in [5.74, 6) is 0.283. The van der Waals surface area contributed by atoms with Gasteiger partial charge in [-0.05, 0) is 29.3 Å². The van der Waals surface area contributed by atoms with E-state index in [0.717, 1.165) is 16.0 Å². The van der Waals surface area contributed by atoms with Gasteiger partial charge in [0.25, 0.3) is 0 Å². The van der Waals surface area contributed by atoms with E-state index in [2.05, 4.69) is 12.6 Å². The van der Waals surface area contributed by atoms with E-state index in [1.807, 2.05) is 36.4 Å². The van der Waals surface area contributed by atoms with Gasteiger partial charge in [0.2, 0.25) is 0 Å². The summed E-state index contributed by atoms with van der Waals surface area (Å²) in [6.45, 7) is 0. The second-order valence-electron chi connectivity index (χ2n) is 3.06. The maximum atomic E-state index is 9.15. The normalized spacial score (nSPS) is 10.1. The number of hydrogen-bond donors (Lipinski definition) is 2. The molecule has 70 valence electrons. The fraction of sp³-hybridized carbons (Fsp3) is 0. The molecule has 2 rings (SSSR count). The van der Waals surface area contributed by atoms with Crippen molar-refractivity contribution >= 4 is 12.6 Å². The van der Waals surface area contributed by atoms with Gasteiger partial charge in [-0.15, -0.1) is 12.6 Å². The number of phenols is 1. The molecule has 2 aromatic rings. The van der Waals surface area contributed by atoms with Gasteiger partial charge >= 0.3 is 0 Å². The fourth-order valence-electron chi connectivity index (χ4n) is 1.36. The number of hydrogen-bond acceptors (Lipinski definition) is 2. The summed E-state index contributed by atoms with van der Waals surface area (Å²) in [6, 6.07) is 15.0. The van der Waals surface area contributed by atoms with E-state index in [-0.39, 0.29) is 5.75 Å². The van der Waals surface area contributed by atoms with E-state index in [1.54, 1.807) is 12.1 Å². The molecule has 0 aromatic heterocycles. The van der Waals surface area contributed by atoms with Gasteiger partial charge in [0.15, 0.2) is 0 Å². The van der Waals surface area contributed by atoms with Crippen LogP contribution in [0, 0.1) is 0 Å². The van der Waals surface area contributed by atoms with E-state index in [0.29, 0.717) is 0 Å². The molecule has 0 aliphatic carbocycles. The van der Waals surface area contributed by atoms with Gasteiger partial charge in [0.05, 0.1) is 0 Å². The molecule has 1 nitrogen and oxygen atoms in total. The maximum Gasteiger partial charge on any atom is 0.115 e. The van der Waals surface area contributed by atoms with Crippen LogP contribution in [-0.2, 0) is 0 Å². The van der Waals surface area contributed by atoms with Crippen LogP contribution < -0.4 is 0 Å². The second-order valence-corrected chi connectivity index (χ2v) is 3.55. The molecule has 2 aromatic carbocycles. The predicted octanol–water partition coefficient (Wildman–Crippen LogP) is 3.35. The molecule has 0 saturated carbocycles. The predicted molar refractivity (Wildman–Crippen MR) is 60.8 cm³/mol. The van der Waals surface area contributed by atoms with Gasteiger partial charge in [-0.2, -0.15) is 0 Å². The van der Waals surface area contributed by atoms with Crippen molar-refractivity contribution in [1.82, 2.24) is 0 Å². The van der Waals surface area contributed by atoms with Gasteiger partial charge in [-0.1, -0.05) is 30.3 Å². The van der Waals surface area contributed by atoms with Gasteiger partial charge in [0.1, 0.15) is 5.75 Å². The highest BCUT2D eigenvalue weighted by molar-refractivity contribution is 7.80. The summed E-state index contributed by atoms with van der Waals surface area (Å²) in [5, 5.41) is 9.15. The van der Waals surface area contributed by atoms with Gasteiger partial charge < -0.3 is 5.11 Å². The van der Waals surface area contributed by atoms with Crippen LogP contribution in [0.2, 0.25) is 0 Å². The summed E-state index contributed by atoms with van der Waals surface area (Å²) >= 11 is 4.37. The Balaban J connectivity index is 2.50. The van der Waals surface area contributed by atoms with Crippen molar-refractivity contribution in [3.05, 3.63) is 48.5 Å². The minimum Gasteiger partial charge on any atom is -0.508 e. The third-order valence-electron chi connectivity index (χ3n) is 2.08. The molecule has 0 radical (unpaired) electrons. The lowest BCUT2D eigenvalue weighted by Gasteiger charge is -2.04. The lowest BCUT2D eigenvalue weighted by molar-refractivity contribution is 0.475. The first-order chi connectivity index (χ1) is 6.77. The van der Waals surface area contributed by atoms with Crippen LogP contribution >= 0.6 is 12.6 Å². The number of benzene rings is 2. The smallest absolute Gasteiger partial charge is 0.115 e. The van der Waals surface area contributed by atoms with Crippen LogP contribution in [-0.4, -0.2) is 5.11 Å². The average molecular weight is 202 g/mol. The van der Waals surface area contributed by atoms with Crippen molar-refractivity contribution in [2.45, 2.75) is 4.90 Å². The third-order valence-corrected chi connectivity index (χ3v) is 2.47. The Hall–Kier alpha value is -1.41.